The summed E-state index contributed by atoms with van der Waals surface area (Å²) in [6.45, 7) is 2.82. The van der Waals surface area contributed by atoms with Crippen molar-refractivity contribution in [1.82, 2.24) is 5.32 Å². The zero-order valence-electron chi connectivity index (χ0n) is 9.92. The second kappa shape index (κ2) is 5.27. The van der Waals surface area contributed by atoms with Gasteiger partial charge >= 0.3 is 0 Å². The van der Waals surface area contributed by atoms with Crippen molar-refractivity contribution in [2.24, 2.45) is 0 Å². The van der Waals surface area contributed by atoms with Crippen LogP contribution in [-0.2, 0) is 11.2 Å². The highest BCUT2D eigenvalue weighted by Gasteiger charge is 2.22. The molecule has 0 aliphatic carbocycles. The Labute approximate surface area is 100 Å². The van der Waals surface area contributed by atoms with Gasteiger partial charge in [0.15, 0.2) is 0 Å². The lowest BCUT2D eigenvalue weighted by Crippen LogP contribution is -2.35. The number of carbonyl (C=O) groups excluding carboxylic acids is 1. The second-order valence-corrected chi connectivity index (χ2v) is 4.31. The van der Waals surface area contributed by atoms with Crippen LogP contribution < -0.4 is 10.6 Å². The number of amides is 1. The average molecular weight is 236 g/mol. The molecule has 1 aromatic carbocycles. The molecule has 1 aromatic rings. The van der Waals surface area contributed by atoms with E-state index in [0.29, 0.717) is 0 Å². The molecule has 1 aliphatic rings. The molecular formula is C13H17FN2O. The first kappa shape index (κ1) is 12.0. The van der Waals surface area contributed by atoms with Gasteiger partial charge in [-0.05, 0) is 43.5 Å². The number of benzene rings is 1. The van der Waals surface area contributed by atoms with Gasteiger partial charge in [0.2, 0.25) is 5.91 Å². The van der Waals surface area contributed by atoms with Crippen molar-refractivity contribution in [3.8, 4) is 0 Å². The van der Waals surface area contributed by atoms with Crippen molar-refractivity contribution in [2.75, 3.05) is 11.9 Å². The Morgan fingerprint density at radius 3 is 3.00 bits per heavy atom. The van der Waals surface area contributed by atoms with E-state index in [1.54, 1.807) is 6.07 Å². The van der Waals surface area contributed by atoms with E-state index in [-0.39, 0.29) is 23.5 Å². The van der Waals surface area contributed by atoms with E-state index in [1.807, 2.05) is 13.0 Å². The Bertz CT molecular complexity index is 414. The summed E-state index contributed by atoms with van der Waals surface area (Å²) in [6, 6.07) is 4.75. The van der Waals surface area contributed by atoms with Crippen molar-refractivity contribution >= 4 is 11.6 Å². The predicted molar refractivity (Wildman–Crippen MR) is 65.4 cm³/mol. The minimum Gasteiger partial charge on any atom is -0.322 e. The summed E-state index contributed by atoms with van der Waals surface area (Å²) >= 11 is 0. The van der Waals surface area contributed by atoms with Crippen LogP contribution in [0.2, 0.25) is 0 Å². The van der Waals surface area contributed by atoms with Gasteiger partial charge in [0.05, 0.1) is 11.7 Å². The fraction of sp³-hybridized carbons (Fsp3) is 0.462. The van der Waals surface area contributed by atoms with Crippen molar-refractivity contribution < 1.29 is 9.18 Å². The highest BCUT2D eigenvalue weighted by atomic mass is 19.1. The molecule has 1 amide bonds. The van der Waals surface area contributed by atoms with Crippen LogP contribution in [0.15, 0.2) is 18.2 Å². The van der Waals surface area contributed by atoms with Gasteiger partial charge in [0.25, 0.3) is 0 Å². The molecule has 0 unspecified atom stereocenters. The van der Waals surface area contributed by atoms with E-state index < -0.39 is 0 Å². The number of hydrogen-bond acceptors (Lipinski definition) is 2. The molecule has 0 aromatic heterocycles. The lowest BCUT2D eigenvalue weighted by Gasteiger charge is -2.12. The summed E-state index contributed by atoms with van der Waals surface area (Å²) in [6.07, 6.45) is 2.60. The normalized spacial score (nSPS) is 19.3. The average Bonchev–Trinajstić information content (AvgIpc) is 2.85. The third-order valence-electron chi connectivity index (χ3n) is 3.08. The van der Waals surface area contributed by atoms with Crippen LogP contribution in [0, 0.1) is 5.82 Å². The molecule has 1 heterocycles. The predicted octanol–water partition coefficient (Wildman–Crippen LogP) is 2.08. The number of carbonyl (C=O) groups is 1. The first-order valence-electron chi connectivity index (χ1n) is 6.03. The van der Waals surface area contributed by atoms with E-state index in [1.165, 1.54) is 6.07 Å². The minimum absolute atomic E-state index is 0.148. The van der Waals surface area contributed by atoms with E-state index in [9.17, 15) is 9.18 Å². The van der Waals surface area contributed by atoms with Crippen LogP contribution in [0.3, 0.4) is 0 Å². The molecule has 0 spiro atoms. The number of nitrogens with one attached hydrogen (secondary N) is 2. The molecule has 3 nitrogen and oxygen atoms in total. The molecule has 0 bridgehead atoms. The smallest absolute Gasteiger partial charge is 0.241 e. The summed E-state index contributed by atoms with van der Waals surface area (Å²) in [5.74, 6) is -0.513. The van der Waals surface area contributed by atoms with Crippen LogP contribution in [0.4, 0.5) is 10.1 Å². The maximum absolute atomic E-state index is 13.6. The van der Waals surface area contributed by atoms with E-state index in [2.05, 4.69) is 10.6 Å². The third-order valence-corrected chi connectivity index (χ3v) is 3.08. The second-order valence-electron chi connectivity index (χ2n) is 4.31. The van der Waals surface area contributed by atoms with E-state index >= 15 is 0 Å². The van der Waals surface area contributed by atoms with Gasteiger partial charge in [-0.1, -0.05) is 13.0 Å². The van der Waals surface area contributed by atoms with Crippen molar-refractivity contribution in [1.29, 1.82) is 0 Å². The Hall–Kier alpha value is -1.42. The van der Waals surface area contributed by atoms with Crippen molar-refractivity contribution in [3.63, 3.8) is 0 Å². The van der Waals surface area contributed by atoms with Crippen LogP contribution in [0.1, 0.15) is 25.3 Å². The van der Waals surface area contributed by atoms with Gasteiger partial charge in [-0.15, -0.1) is 0 Å². The highest BCUT2D eigenvalue weighted by molar-refractivity contribution is 5.95. The van der Waals surface area contributed by atoms with E-state index in [0.717, 1.165) is 31.4 Å². The molecular weight excluding hydrogens is 219 g/mol. The van der Waals surface area contributed by atoms with Crippen LogP contribution in [0.25, 0.3) is 0 Å². The number of hydrogen-bond donors (Lipinski definition) is 2. The maximum Gasteiger partial charge on any atom is 0.241 e. The summed E-state index contributed by atoms with van der Waals surface area (Å²) in [5, 5.41) is 5.71. The highest BCUT2D eigenvalue weighted by Crippen LogP contribution is 2.17. The van der Waals surface area contributed by atoms with E-state index in [4.69, 9.17) is 0 Å². The van der Waals surface area contributed by atoms with Crippen molar-refractivity contribution in [2.45, 2.75) is 32.2 Å². The zero-order valence-corrected chi connectivity index (χ0v) is 9.92. The molecule has 2 N–H and O–H groups in total. The topological polar surface area (TPSA) is 41.1 Å². The monoisotopic (exact) mass is 236 g/mol. The molecule has 1 saturated heterocycles. The standard InChI is InChI=1S/C13H17FN2O/c1-2-9-5-6-11(10(14)8-9)16-13(17)12-4-3-7-15-12/h5-6,8,12,15H,2-4,7H2,1H3,(H,16,17)/t12-/m0/s1. The third kappa shape index (κ3) is 2.82. The van der Waals surface area contributed by atoms with Crippen LogP contribution >= 0.6 is 0 Å². The quantitative estimate of drug-likeness (QED) is 0.843. The molecule has 17 heavy (non-hydrogen) atoms. The van der Waals surface area contributed by atoms with Gasteiger partial charge in [0.1, 0.15) is 5.82 Å². The number of anilines is 1. The lowest BCUT2D eigenvalue weighted by atomic mass is 10.1. The molecule has 1 aliphatic heterocycles. The molecule has 0 saturated carbocycles. The first-order valence-corrected chi connectivity index (χ1v) is 6.03. The van der Waals surface area contributed by atoms with Gasteiger partial charge in [-0.2, -0.15) is 0 Å². The summed E-state index contributed by atoms with van der Waals surface area (Å²) in [4.78, 5) is 11.8. The van der Waals surface area contributed by atoms with Crippen molar-refractivity contribution in [3.05, 3.63) is 29.6 Å². The lowest BCUT2D eigenvalue weighted by molar-refractivity contribution is -0.117. The molecule has 2 rings (SSSR count). The molecule has 1 atom stereocenters. The van der Waals surface area contributed by atoms with Gasteiger partial charge in [0, 0.05) is 0 Å². The Morgan fingerprint density at radius 2 is 2.41 bits per heavy atom. The number of aryl methyl sites for hydroxylation is 1. The van der Waals surface area contributed by atoms with Crippen LogP contribution in [0.5, 0.6) is 0 Å². The molecule has 92 valence electrons. The fourth-order valence-corrected chi connectivity index (χ4v) is 2.01. The Balaban J connectivity index is 2.05. The number of rotatable bonds is 3. The largest absolute Gasteiger partial charge is 0.322 e. The molecule has 0 radical (unpaired) electrons. The first-order chi connectivity index (χ1) is 8.20. The SMILES string of the molecule is CCc1ccc(NC(=O)[C@@H]2CCCN2)c(F)c1. The fourth-order valence-electron chi connectivity index (χ4n) is 2.01. The van der Waals surface area contributed by atoms with Crippen LogP contribution in [-0.4, -0.2) is 18.5 Å². The summed E-state index contributed by atoms with van der Waals surface area (Å²) in [7, 11) is 0. The zero-order chi connectivity index (χ0) is 12.3. The van der Waals surface area contributed by atoms with Gasteiger partial charge in [-0.3, -0.25) is 4.79 Å². The minimum atomic E-state index is -0.365. The molecule has 1 fully saturated rings. The molecule has 4 heteroatoms. The Kier molecular flexibility index (Phi) is 3.74. The van der Waals surface area contributed by atoms with Gasteiger partial charge in [-0.25, -0.2) is 4.39 Å². The van der Waals surface area contributed by atoms with Gasteiger partial charge < -0.3 is 10.6 Å². The summed E-state index contributed by atoms with van der Waals surface area (Å²) < 4.78 is 13.6. The summed E-state index contributed by atoms with van der Waals surface area (Å²) in [5.41, 5.74) is 1.19. The maximum atomic E-state index is 13.6. The Morgan fingerprint density at radius 1 is 1.59 bits per heavy atom. The number of halogens is 1.